The molecule has 1 aromatic rings. The molecule has 0 amide bonds. The smallest absolute Gasteiger partial charge is 0.0793 e. The maximum Gasteiger partial charge on any atom is 0.0793 e. The van der Waals surface area contributed by atoms with Crippen LogP contribution in [0.2, 0.25) is 0 Å². The largest absolute Gasteiger partial charge is 0.376 e. The zero-order valence-corrected chi connectivity index (χ0v) is 10.4. The summed E-state index contributed by atoms with van der Waals surface area (Å²) in [5.41, 5.74) is 10.1. The van der Waals surface area contributed by atoms with E-state index < -0.39 is 0 Å². The molecular formula is C14H21NO. The van der Waals surface area contributed by atoms with Crippen molar-refractivity contribution >= 4 is 0 Å². The van der Waals surface area contributed by atoms with E-state index in [2.05, 4.69) is 39.0 Å². The first-order chi connectivity index (χ1) is 7.59. The molecule has 1 saturated heterocycles. The third-order valence-electron chi connectivity index (χ3n) is 3.58. The van der Waals surface area contributed by atoms with Crippen molar-refractivity contribution in [2.75, 3.05) is 6.61 Å². The maximum atomic E-state index is 6.32. The molecule has 1 aromatic carbocycles. The molecule has 1 heterocycles. The predicted octanol–water partition coefficient (Wildman–Crippen LogP) is 2.73. The van der Waals surface area contributed by atoms with Crippen LogP contribution in [0.3, 0.4) is 0 Å². The number of nitrogens with two attached hydrogens (primary N) is 1. The van der Waals surface area contributed by atoms with Gasteiger partial charge in [-0.15, -0.1) is 0 Å². The number of ether oxygens (including phenoxy) is 1. The summed E-state index contributed by atoms with van der Waals surface area (Å²) in [6.45, 7) is 7.31. The van der Waals surface area contributed by atoms with E-state index in [1.165, 1.54) is 16.7 Å². The van der Waals surface area contributed by atoms with Gasteiger partial charge < -0.3 is 10.5 Å². The highest BCUT2D eigenvalue weighted by Gasteiger charge is 2.31. The van der Waals surface area contributed by atoms with Gasteiger partial charge in [0, 0.05) is 6.61 Å². The van der Waals surface area contributed by atoms with Crippen LogP contribution in [0.15, 0.2) is 18.2 Å². The minimum Gasteiger partial charge on any atom is -0.376 e. The van der Waals surface area contributed by atoms with E-state index in [9.17, 15) is 0 Å². The molecule has 88 valence electrons. The first kappa shape index (κ1) is 11.6. The van der Waals surface area contributed by atoms with E-state index in [0.717, 1.165) is 13.0 Å². The van der Waals surface area contributed by atoms with E-state index >= 15 is 0 Å². The third kappa shape index (κ3) is 2.13. The summed E-state index contributed by atoms with van der Waals surface area (Å²) in [6, 6.07) is 6.47. The predicted molar refractivity (Wildman–Crippen MR) is 66.4 cm³/mol. The van der Waals surface area contributed by atoms with E-state index in [0.29, 0.717) is 5.92 Å². The summed E-state index contributed by atoms with van der Waals surface area (Å²) in [4.78, 5) is 0. The summed E-state index contributed by atoms with van der Waals surface area (Å²) < 4.78 is 5.74. The maximum absolute atomic E-state index is 6.32. The van der Waals surface area contributed by atoms with Gasteiger partial charge in [-0.2, -0.15) is 0 Å². The molecule has 0 spiro atoms. The number of hydrogen-bond acceptors (Lipinski definition) is 2. The molecule has 0 radical (unpaired) electrons. The average molecular weight is 219 g/mol. The van der Waals surface area contributed by atoms with Crippen LogP contribution in [0.5, 0.6) is 0 Å². The van der Waals surface area contributed by atoms with Crippen LogP contribution >= 0.6 is 0 Å². The SMILES string of the molecule is Cc1ccc(C(N)C2OCCC2C)c(C)c1. The number of aryl methyl sites for hydroxylation is 2. The topological polar surface area (TPSA) is 35.2 Å². The number of benzene rings is 1. The Morgan fingerprint density at radius 1 is 1.38 bits per heavy atom. The molecule has 0 aliphatic carbocycles. The van der Waals surface area contributed by atoms with Crippen LogP contribution in [0.1, 0.15) is 36.1 Å². The Bertz CT molecular complexity index is 375. The lowest BCUT2D eigenvalue weighted by atomic mass is 9.90. The highest BCUT2D eigenvalue weighted by Crippen LogP contribution is 2.31. The Balaban J connectivity index is 2.23. The Hall–Kier alpha value is -0.860. The van der Waals surface area contributed by atoms with Crippen molar-refractivity contribution < 1.29 is 4.74 Å². The summed E-state index contributed by atoms with van der Waals surface area (Å²) in [6.07, 6.45) is 1.31. The van der Waals surface area contributed by atoms with Gasteiger partial charge in [-0.1, -0.05) is 30.7 Å². The molecule has 1 aliphatic heterocycles. The molecule has 2 rings (SSSR count). The minimum absolute atomic E-state index is 0.0121. The van der Waals surface area contributed by atoms with Crippen molar-refractivity contribution in [2.24, 2.45) is 11.7 Å². The van der Waals surface area contributed by atoms with Crippen molar-refractivity contribution in [1.82, 2.24) is 0 Å². The molecule has 0 aromatic heterocycles. The highest BCUT2D eigenvalue weighted by atomic mass is 16.5. The van der Waals surface area contributed by atoms with Gasteiger partial charge in [0.05, 0.1) is 12.1 Å². The minimum atomic E-state index is 0.0121. The van der Waals surface area contributed by atoms with E-state index in [4.69, 9.17) is 10.5 Å². The Labute approximate surface area is 97.8 Å². The molecule has 1 fully saturated rings. The zero-order chi connectivity index (χ0) is 11.7. The van der Waals surface area contributed by atoms with Crippen LogP contribution in [0.25, 0.3) is 0 Å². The molecule has 3 unspecified atom stereocenters. The second kappa shape index (κ2) is 4.56. The molecule has 2 heteroatoms. The van der Waals surface area contributed by atoms with Crippen molar-refractivity contribution in [2.45, 2.75) is 39.3 Å². The second-order valence-corrected chi connectivity index (χ2v) is 4.99. The van der Waals surface area contributed by atoms with Gasteiger partial charge in [-0.3, -0.25) is 0 Å². The molecule has 1 aliphatic rings. The van der Waals surface area contributed by atoms with E-state index in [1.807, 2.05) is 0 Å². The second-order valence-electron chi connectivity index (χ2n) is 4.99. The average Bonchev–Trinajstić information content (AvgIpc) is 2.63. The van der Waals surface area contributed by atoms with Gasteiger partial charge in [0.2, 0.25) is 0 Å². The summed E-state index contributed by atoms with van der Waals surface area (Å²) in [5, 5.41) is 0. The fourth-order valence-electron chi connectivity index (χ4n) is 2.55. The van der Waals surface area contributed by atoms with Gasteiger partial charge in [0.25, 0.3) is 0 Å². The van der Waals surface area contributed by atoms with E-state index in [-0.39, 0.29) is 12.1 Å². The molecule has 0 bridgehead atoms. The highest BCUT2D eigenvalue weighted by molar-refractivity contribution is 5.33. The van der Waals surface area contributed by atoms with Crippen LogP contribution in [0.4, 0.5) is 0 Å². The number of hydrogen-bond donors (Lipinski definition) is 1. The van der Waals surface area contributed by atoms with Crippen LogP contribution in [-0.2, 0) is 4.74 Å². The van der Waals surface area contributed by atoms with E-state index in [1.54, 1.807) is 0 Å². The van der Waals surface area contributed by atoms with Crippen molar-refractivity contribution in [3.63, 3.8) is 0 Å². The monoisotopic (exact) mass is 219 g/mol. The van der Waals surface area contributed by atoms with Gasteiger partial charge in [-0.25, -0.2) is 0 Å². The lowest BCUT2D eigenvalue weighted by Gasteiger charge is -2.24. The van der Waals surface area contributed by atoms with Crippen LogP contribution < -0.4 is 5.73 Å². The lowest BCUT2D eigenvalue weighted by Crippen LogP contribution is -2.30. The zero-order valence-electron chi connectivity index (χ0n) is 10.4. The van der Waals surface area contributed by atoms with Gasteiger partial charge >= 0.3 is 0 Å². The van der Waals surface area contributed by atoms with Crippen molar-refractivity contribution in [3.05, 3.63) is 34.9 Å². The Morgan fingerprint density at radius 3 is 2.69 bits per heavy atom. The normalized spacial score (nSPS) is 27.0. The Morgan fingerprint density at radius 2 is 2.12 bits per heavy atom. The fourth-order valence-corrected chi connectivity index (χ4v) is 2.55. The summed E-state index contributed by atoms with van der Waals surface area (Å²) in [5.74, 6) is 0.565. The van der Waals surface area contributed by atoms with Crippen LogP contribution in [-0.4, -0.2) is 12.7 Å². The molecule has 2 N–H and O–H groups in total. The first-order valence-electron chi connectivity index (χ1n) is 6.04. The fraction of sp³-hybridized carbons (Fsp3) is 0.571. The molecule has 0 saturated carbocycles. The first-order valence-corrected chi connectivity index (χ1v) is 6.04. The van der Waals surface area contributed by atoms with Crippen molar-refractivity contribution in [3.8, 4) is 0 Å². The van der Waals surface area contributed by atoms with Gasteiger partial charge in [-0.05, 0) is 37.3 Å². The Kier molecular flexibility index (Phi) is 3.31. The van der Waals surface area contributed by atoms with Crippen LogP contribution in [0, 0.1) is 19.8 Å². The standard InChI is InChI=1S/C14H21NO/c1-9-4-5-12(11(3)8-9)13(15)14-10(2)6-7-16-14/h4-5,8,10,13-14H,6-7,15H2,1-3H3. The quantitative estimate of drug-likeness (QED) is 0.830. The van der Waals surface area contributed by atoms with Crippen molar-refractivity contribution in [1.29, 1.82) is 0 Å². The lowest BCUT2D eigenvalue weighted by molar-refractivity contribution is 0.0723. The summed E-state index contributed by atoms with van der Waals surface area (Å²) in [7, 11) is 0. The van der Waals surface area contributed by atoms with Gasteiger partial charge in [0.1, 0.15) is 0 Å². The molecule has 3 atom stereocenters. The molecule has 2 nitrogen and oxygen atoms in total. The third-order valence-corrected chi connectivity index (χ3v) is 3.58. The summed E-state index contributed by atoms with van der Waals surface area (Å²) >= 11 is 0. The number of rotatable bonds is 2. The molecular weight excluding hydrogens is 198 g/mol. The van der Waals surface area contributed by atoms with Gasteiger partial charge in [0.15, 0.2) is 0 Å². The molecule has 16 heavy (non-hydrogen) atoms.